The molecule has 0 spiro atoms. The van der Waals surface area contributed by atoms with Crippen molar-refractivity contribution in [2.24, 2.45) is 0 Å². The van der Waals surface area contributed by atoms with Crippen LogP contribution in [0.5, 0.6) is 17.2 Å². The van der Waals surface area contributed by atoms with Crippen molar-refractivity contribution < 1.29 is 24.1 Å². The Kier molecular flexibility index (Phi) is 8.04. The summed E-state index contributed by atoms with van der Waals surface area (Å²) in [5, 5.41) is 13.1. The Morgan fingerprint density at radius 3 is 2.59 bits per heavy atom. The molecule has 1 unspecified atom stereocenters. The predicted octanol–water partition coefficient (Wildman–Crippen LogP) is 1.75. The fourth-order valence-electron chi connectivity index (χ4n) is 3.14. The van der Waals surface area contributed by atoms with E-state index in [9.17, 15) is 14.7 Å². The minimum absolute atomic E-state index is 0.0801. The number of benzene rings is 2. The van der Waals surface area contributed by atoms with Gasteiger partial charge in [0.1, 0.15) is 18.5 Å². The summed E-state index contributed by atoms with van der Waals surface area (Å²) in [7, 11) is 3.02. The first-order valence-corrected chi connectivity index (χ1v) is 10.3. The summed E-state index contributed by atoms with van der Waals surface area (Å²) in [6.45, 7) is 0.505. The molecule has 2 aromatic carbocycles. The maximum atomic E-state index is 12.8. The van der Waals surface area contributed by atoms with Crippen LogP contribution in [0.4, 0.5) is 0 Å². The Morgan fingerprint density at radius 2 is 1.88 bits per heavy atom. The van der Waals surface area contributed by atoms with Crippen LogP contribution >= 0.6 is 0 Å². The fourth-order valence-corrected chi connectivity index (χ4v) is 3.14. The van der Waals surface area contributed by atoms with E-state index >= 15 is 0 Å². The smallest absolute Gasteiger partial charge is 0.261 e. The lowest BCUT2D eigenvalue weighted by atomic mass is 10.2. The Labute approximate surface area is 185 Å². The summed E-state index contributed by atoms with van der Waals surface area (Å²) in [6, 6.07) is 12.4. The van der Waals surface area contributed by atoms with Crippen LogP contribution in [0.2, 0.25) is 0 Å². The van der Waals surface area contributed by atoms with Crippen LogP contribution in [0, 0.1) is 0 Å². The molecule has 0 aliphatic heterocycles. The van der Waals surface area contributed by atoms with Gasteiger partial charge in [0.05, 0.1) is 31.4 Å². The molecule has 1 aromatic heterocycles. The average Bonchev–Trinajstić information content (AvgIpc) is 2.82. The van der Waals surface area contributed by atoms with Crippen LogP contribution < -0.4 is 25.1 Å². The zero-order chi connectivity index (χ0) is 22.9. The summed E-state index contributed by atoms with van der Waals surface area (Å²) in [4.78, 5) is 29.1. The van der Waals surface area contributed by atoms with Crippen LogP contribution in [0.25, 0.3) is 10.9 Å². The lowest BCUT2D eigenvalue weighted by Crippen LogP contribution is -2.35. The Bertz CT molecular complexity index is 1100. The lowest BCUT2D eigenvalue weighted by Gasteiger charge is -2.13. The molecule has 0 fully saturated rings. The maximum Gasteiger partial charge on any atom is 0.261 e. The molecule has 0 aliphatic carbocycles. The van der Waals surface area contributed by atoms with Crippen LogP contribution in [0.1, 0.15) is 12.8 Å². The standard InChI is InChI=1S/C23H27N3O6/c1-30-20-11-18-19(12-21(20)31-2)25-15-26(23(18)29)10-6-9-22(28)24-13-16(27)14-32-17-7-4-3-5-8-17/h3-5,7-8,11-12,15-16,27H,6,9-10,13-14H2,1-2H3,(H,24,28). The Hall–Kier alpha value is -3.59. The van der Waals surface area contributed by atoms with E-state index in [0.29, 0.717) is 41.1 Å². The van der Waals surface area contributed by atoms with E-state index in [1.165, 1.54) is 25.1 Å². The van der Waals surface area contributed by atoms with Crippen LogP contribution in [-0.4, -0.2) is 54.0 Å². The number of aliphatic hydroxyl groups excluding tert-OH is 1. The summed E-state index contributed by atoms with van der Waals surface area (Å²) in [5.74, 6) is 1.39. The van der Waals surface area contributed by atoms with Crippen LogP contribution in [0.15, 0.2) is 53.6 Å². The van der Waals surface area contributed by atoms with E-state index in [0.717, 1.165) is 0 Å². The van der Waals surface area contributed by atoms with Crippen LogP contribution in [0.3, 0.4) is 0 Å². The highest BCUT2D eigenvalue weighted by atomic mass is 16.5. The number of ether oxygens (including phenoxy) is 3. The summed E-state index contributed by atoms with van der Waals surface area (Å²) >= 11 is 0. The van der Waals surface area contributed by atoms with Crippen molar-refractivity contribution in [3.8, 4) is 17.2 Å². The Balaban J connectivity index is 1.47. The lowest BCUT2D eigenvalue weighted by molar-refractivity contribution is -0.121. The number of aryl methyl sites for hydroxylation is 1. The first kappa shape index (κ1) is 23.1. The molecular weight excluding hydrogens is 414 g/mol. The number of carbonyl (C=O) groups is 1. The van der Waals surface area contributed by atoms with Gasteiger partial charge in [-0.3, -0.25) is 14.2 Å². The van der Waals surface area contributed by atoms with Gasteiger partial charge in [-0.15, -0.1) is 0 Å². The first-order valence-electron chi connectivity index (χ1n) is 10.3. The topological polar surface area (TPSA) is 112 Å². The molecule has 0 aliphatic rings. The second-order valence-corrected chi connectivity index (χ2v) is 7.15. The number of hydrogen-bond acceptors (Lipinski definition) is 7. The predicted molar refractivity (Wildman–Crippen MR) is 119 cm³/mol. The van der Waals surface area contributed by atoms with E-state index in [1.807, 2.05) is 18.2 Å². The highest BCUT2D eigenvalue weighted by Crippen LogP contribution is 2.29. The van der Waals surface area contributed by atoms with E-state index in [4.69, 9.17) is 14.2 Å². The summed E-state index contributed by atoms with van der Waals surface area (Å²) in [6.07, 6.45) is 1.29. The molecule has 3 aromatic rings. The van der Waals surface area contributed by atoms with Gasteiger partial charge in [-0.2, -0.15) is 0 Å². The monoisotopic (exact) mass is 441 g/mol. The van der Waals surface area contributed by atoms with Gasteiger partial charge >= 0.3 is 0 Å². The normalized spacial score (nSPS) is 11.7. The number of methoxy groups -OCH3 is 2. The number of para-hydroxylation sites is 1. The minimum atomic E-state index is -0.821. The average molecular weight is 441 g/mol. The quantitative estimate of drug-likeness (QED) is 0.466. The van der Waals surface area contributed by atoms with Gasteiger partial charge in [0, 0.05) is 25.6 Å². The third-order valence-electron chi connectivity index (χ3n) is 4.85. The van der Waals surface area contributed by atoms with Crippen molar-refractivity contribution in [2.45, 2.75) is 25.5 Å². The molecule has 9 heteroatoms. The summed E-state index contributed by atoms with van der Waals surface area (Å²) in [5.41, 5.74) is 0.290. The number of fused-ring (bicyclic) bond motifs is 1. The van der Waals surface area contributed by atoms with Crippen molar-refractivity contribution in [1.29, 1.82) is 0 Å². The van der Waals surface area contributed by atoms with E-state index in [2.05, 4.69) is 10.3 Å². The molecule has 1 heterocycles. The molecule has 1 amide bonds. The van der Waals surface area contributed by atoms with Gasteiger partial charge in [-0.05, 0) is 24.6 Å². The second-order valence-electron chi connectivity index (χ2n) is 7.15. The minimum Gasteiger partial charge on any atom is -0.493 e. The van der Waals surface area contributed by atoms with Crippen molar-refractivity contribution in [3.63, 3.8) is 0 Å². The van der Waals surface area contributed by atoms with Crippen molar-refractivity contribution in [3.05, 3.63) is 59.1 Å². The third kappa shape index (κ3) is 5.98. The third-order valence-corrected chi connectivity index (χ3v) is 4.85. The van der Waals surface area contributed by atoms with Gasteiger partial charge in [-0.1, -0.05) is 18.2 Å². The number of nitrogens with one attached hydrogen (secondary N) is 1. The van der Waals surface area contributed by atoms with Gasteiger partial charge in [0.15, 0.2) is 11.5 Å². The highest BCUT2D eigenvalue weighted by Gasteiger charge is 2.12. The number of aromatic nitrogens is 2. The van der Waals surface area contributed by atoms with Crippen molar-refractivity contribution >= 4 is 16.8 Å². The maximum absolute atomic E-state index is 12.8. The number of hydrogen-bond donors (Lipinski definition) is 2. The highest BCUT2D eigenvalue weighted by molar-refractivity contribution is 5.81. The van der Waals surface area contributed by atoms with E-state index < -0.39 is 6.10 Å². The summed E-state index contributed by atoms with van der Waals surface area (Å²) < 4.78 is 17.4. The molecule has 9 nitrogen and oxygen atoms in total. The Morgan fingerprint density at radius 1 is 1.16 bits per heavy atom. The molecule has 3 rings (SSSR count). The zero-order valence-electron chi connectivity index (χ0n) is 18.1. The van der Waals surface area contributed by atoms with Crippen molar-refractivity contribution in [2.75, 3.05) is 27.4 Å². The molecule has 1 atom stereocenters. The SMILES string of the molecule is COc1cc2ncn(CCCC(=O)NCC(O)COc3ccccc3)c(=O)c2cc1OC. The van der Waals surface area contributed by atoms with Gasteiger partial charge < -0.3 is 24.6 Å². The molecule has 170 valence electrons. The number of rotatable bonds is 11. The largest absolute Gasteiger partial charge is 0.493 e. The second kappa shape index (κ2) is 11.1. The van der Waals surface area contributed by atoms with Gasteiger partial charge in [0.25, 0.3) is 5.56 Å². The molecular formula is C23H27N3O6. The van der Waals surface area contributed by atoms with Gasteiger partial charge in [0.2, 0.25) is 5.91 Å². The zero-order valence-corrected chi connectivity index (χ0v) is 18.1. The number of aliphatic hydroxyl groups is 1. The number of amides is 1. The molecule has 0 saturated heterocycles. The molecule has 0 radical (unpaired) electrons. The molecule has 0 bridgehead atoms. The molecule has 2 N–H and O–H groups in total. The molecule has 0 saturated carbocycles. The van der Waals surface area contributed by atoms with Crippen LogP contribution in [-0.2, 0) is 11.3 Å². The fraction of sp³-hybridized carbons (Fsp3) is 0.348. The first-order chi connectivity index (χ1) is 15.5. The number of carbonyl (C=O) groups excluding carboxylic acids is 1. The van der Waals surface area contributed by atoms with Crippen molar-refractivity contribution in [1.82, 2.24) is 14.9 Å². The molecule has 32 heavy (non-hydrogen) atoms. The van der Waals surface area contributed by atoms with Gasteiger partial charge in [-0.25, -0.2) is 4.98 Å². The number of nitrogens with zero attached hydrogens (tertiary/aromatic N) is 2. The van der Waals surface area contributed by atoms with E-state index in [1.54, 1.807) is 24.3 Å². The van der Waals surface area contributed by atoms with E-state index in [-0.39, 0.29) is 31.0 Å².